The van der Waals surface area contributed by atoms with Crippen LogP contribution in [0.25, 0.3) is 0 Å². The third-order valence-corrected chi connectivity index (χ3v) is 3.08. The monoisotopic (exact) mass is 231 g/mol. The number of hydrogen-bond acceptors (Lipinski definition) is 1. The normalized spacial score (nSPS) is 17.1. The van der Waals surface area contributed by atoms with E-state index in [4.69, 9.17) is 0 Å². The fourth-order valence-electron chi connectivity index (χ4n) is 0.891. The highest BCUT2D eigenvalue weighted by Crippen LogP contribution is 2.22. The molecule has 0 amide bonds. The van der Waals surface area contributed by atoms with Crippen molar-refractivity contribution in [3.8, 4) is 0 Å². The lowest BCUT2D eigenvalue weighted by Crippen LogP contribution is -2.43. The Morgan fingerprint density at radius 2 is 1.86 bits per heavy atom. The molecule has 2 atom stereocenters. The Labute approximate surface area is 84.8 Å². The maximum absolute atomic E-state index is 12.2. The summed E-state index contributed by atoms with van der Waals surface area (Å²) in [5.41, 5.74) is 0. The zero-order chi connectivity index (χ0) is 11.4. The summed E-state index contributed by atoms with van der Waals surface area (Å²) >= 11 is 0. The van der Waals surface area contributed by atoms with Gasteiger partial charge in [0.15, 0.2) is 0 Å². The molecule has 0 saturated heterocycles. The Bertz CT molecular complexity index is 194. The van der Waals surface area contributed by atoms with E-state index in [0.717, 1.165) is 0 Å². The number of rotatable bonds is 5. The smallest absolute Gasteiger partial charge is 0.243 e. The maximum atomic E-state index is 12.2. The Kier molecular flexibility index (Phi) is 5.66. The van der Waals surface area contributed by atoms with E-state index in [1.807, 2.05) is 13.8 Å². The van der Waals surface area contributed by atoms with Crippen LogP contribution in [-0.4, -0.2) is 22.2 Å². The molecule has 0 fully saturated rings. The van der Waals surface area contributed by atoms with Crippen LogP contribution in [0.2, 0.25) is 0 Å². The van der Waals surface area contributed by atoms with Gasteiger partial charge in [-0.25, -0.2) is 8.93 Å². The average molecular weight is 231 g/mol. The summed E-state index contributed by atoms with van der Waals surface area (Å²) in [6, 6.07) is -1.66. The minimum Gasteiger partial charge on any atom is -0.243 e. The van der Waals surface area contributed by atoms with Crippen molar-refractivity contribution in [1.82, 2.24) is 4.72 Å². The second-order valence-electron chi connectivity index (χ2n) is 3.53. The standard InChI is InChI=1S/C8H16F3NOS/c1-4-7(8(9,10)11)12-14(13)5-6(2)3/h6-7,12H,4-5H2,1-3H3/t7-,14+/m1/s1. The van der Waals surface area contributed by atoms with Gasteiger partial charge in [-0.05, 0) is 12.3 Å². The number of nitrogens with one attached hydrogen (secondary N) is 1. The van der Waals surface area contributed by atoms with Gasteiger partial charge in [-0.3, -0.25) is 0 Å². The fourth-order valence-corrected chi connectivity index (χ4v) is 2.21. The zero-order valence-corrected chi connectivity index (χ0v) is 9.34. The summed E-state index contributed by atoms with van der Waals surface area (Å²) in [6.07, 6.45) is -4.42. The van der Waals surface area contributed by atoms with Crippen LogP contribution in [0.1, 0.15) is 27.2 Å². The van der Waals surface area contributed by atoms with Crippen LogP contribution in [0, 0.1) is 5.92 Å². The molecule has 0 radical (unpaired) electrons. The van der Waals surface area contributed by atoms with Gasteiger partial charge in [0, 0.05) is 5.75 Å². The lowest BCUT2D eigenvalue weighted by Gasteiger charge is -2.19. The molecular formula is C8H16F3NOS. The van der Waals surface area contributed by atoms with Crippen LogP contribution < -0.4 is 4.72 Å². The third-order valence-electron chi connectivity index (χ3n) is 1.56. The van der Waals surface area contributed by atoms with Crippen molar-refractivity contribution in [1.29, 1.82) is 0 Å². The molecular weight excluding hydrogens is 215 g/mol. The summed E-state index contributed by atoms with van der Waals surface area (Å²) in [6.45, 7) is 5.04. The lowest BCUT2D eigenvalue weighted by molar-refractivity contribution is -0.151. The third kappa shape index (κ3) is 5.59. The predicted octanol–water partition coefficient (Wildman–Crippen LogP) is 2.24. The molecule has 6 heteroatoms. The summed E-state index contributed by atoms with van der Waals surface area (Å²) in [5, 5.41) is 0. The maximum Gasteiger partial charge on any atom is 0.404 e. The van der Waals surface area contributed by atoms with E-state index in [0.29, 0.717) is 0 Å². The second kappa shape index (κ2) is 5.70. The largest absolute Gasteiger partial charge is 0.404 e. The molecule has 1 N–H and O–H groups in total. The minimum absolute atomic E-state index is 0.104. The van der Waals surface area contributed by atoms with Crippen molar-refractivity contribution in [3.63, 3.8) is 0 Å². The first-order chi connectivity index (χ1) is 6.27. The molecule has 86 valence electrons. The summed E-state index contributed by atoms with van der Waals surface area (Å²) in [7, 11) is -1.60. The fraction of sp³-hybridized carbons (Fsp3) is 1.00. The Hall–Kier alpha value is -0.100. The van der Waals surface area contributed by atoms with Crippen LogP contribution in [0.4, 0.5) is 13.2 Å². The summed E-state index contributed by atoms with van der Waals surface area (Å²) in [5.74, 6) is 0.362. The van der Waals surface area contributed by atoms with E-state index in [9.17, 15) is 17.4 Å². The molecule has 0 heterocycles. The lowest BCUT2D eigenvalue weighted by atomic mass is 10.2. The van der Waals surface area contributed by atoms with Crippen molar-refractivity contribution >= 4 is 11.0 Å². The first kappa shape index (κ1) is 13.9. The van der Waals surface area contributed by atoms with Crippen molar-refractivity contribution in [3.05, 3.63) is 0 Å². The van der Waals surface area contributed by atoms with Crippen LogP contribution >= 0.6 is 0 Å². The molecule has 0 aliphatic heterocycles. The van der Waals surface area contributed by atoms with E-state index in [2.05, 4.69) is 4.72 Å². The van der Waals surface area contributed by atoms with E-state index in [1.54, 1.807) is 0 Å². The van der Waals surface area contributed by atoms with Crippen molar-refractivity contribution in [2.75, 3.05) is 5.75 Å². The molecule has 0 spiro atoms. The van der Waals surface area contributed by atoms with E-state index >= 15 is 0 Å². The highest BCUT2D eigenvalue weighted by atomic mass is 32.2. The Balaban J connectivity index is 4.13. The molecule has 14 heavy (non-hydrogen) atoms. The summed E-state index contributed by atoms with van der Waals surface area (Å²) in [4.78, 5) is 0. The Morgan fingerprint density at radius 3 is 2.14 bits per heavy atom. The molecule has 0 bridgehead atoms. The van der Waals surface area contributed by atoms with Crippen molar-refractivity contribution in [2.24, 2.45) is 5.92 Å². The van der Waals surface area contributed by atoms with Crippen LogP contribution in [0.5, 0.6) is 0 Å². The van der Waals surface area contributed by atoms with Crippen LogP contribution in [0.3, 0.4) is 0 Å². The zero-order valence-electron chi connectivity index (χ0n) is 8.52. The van der Waals surface area contributed by atoms with Gasteiger partial charge in [-0.15, -0.1) is 0 Å². The van der Waals surface area contributed by atoms with Gasteiger partial charge in [-0.2, -0.15) is 13.2 Å². The van der Waals surface area contributed by atoms with Gasteiger partial charge in [-0.1, -0.05) is 20.8 Å². The van der Waals surface area contributed by atoms with Gasteiger partial charge < -0.3 is 0 Å². The van der Waals surface area contributed by atoms with E-state index in [-0.39, 0.29) is 18.1 Å². The van der Waals surface area contributed by atoms with Gasteiger partial charge in [0.05, 0.1) is 11.0 Å². The first-order valence-electron chi connectivity index (χ1n) is 4.48. The molecule has 0 aromatic heterocycles. The average Bonchev–Trinajstić information content (AvgIpc) is 1.96. The van der Waals surface area contributed by atoms with Gasteiger partial charge in [0.2, 0.25) is 0 Å². The summed E-state index contributed by atoms with van der Waals surface area (Å²) < 4.78 is 49.9. The SMILES string of the molecule is CC[C@@H](N[S@@](=O)CC(C)C)C(F)(F)F. The first-order valence-corrected chi connectivity index (χ1v) is 5.80. The molecule has 0 rings (SSSR count). The van der Waals surface area contributed by atoms with Crippen LogP contribution in [-0.2, 0) is 11.0 Å². The highest BCUT2D eigenvalue weighted by molar-refractivity contribution is 7.83. The number of alkyl halides is 3. The Morgan fingerprint density at radius 1 is 1.36 bits per heavy atom. The molecule has 0 aliphatic carbocycles. The van der Waals surface area contributed by atoms with Crippen molar-refractivity contribution < 1.29 is 17.4 Å². The van der Waals surface area contributed by atoms with Gasteiger partial charge in [0.1, 0.15) is 6.04 Å². The molecule has 0 aromatic carbocycles. The van der Waals surface area contributed by atoms with Gasteiger partial charge in [0.25, 0.3) is 0 Å². The quantitative estimate of drug-likeness (QED) is 0.772. The molecule has 0 saturated carbocycles. The second-order valence-corrected chi connectivity index (χ2v) is 4.79. The number of halogens is 3. The number of hydrogen-bond donors (Lipinski definition) is 1. The van der Waals surface area contributed by atoms with E-state index in [1.165, 1.54) is 6.92 Å². The minimum atomic E-state index is -4.32. The van der Waals surface area contributed by atoms with Crippen molar-refractivity contribution in [2.45, 2.75) is 39.4 Å². The van der Waals surface area contributed by atoms with Gasteiger partial charge >= 0.3 is 6.18 Å². The molecule has 0 aliphatic rings. The van der Waals surface area contributed by atoms with Crippen LogP contribution in [0.15, 0.2) is 0 Å². The highest BCUT2D eigenvalue weighted by Gasteiger charge is 2.39. The molecule has 0 aromatic rings. The topological polar surface area (TPSA) is 29.1 Å². The molecule has 2 nitrogen and oxygen atoms in total. The molecule has 0 unspecified atom stereocenters. The predicted molar refractivity (Wildman–Crippen MR) is 51.1 cm³/mol. The van der Waals surface area contributed by atoms with E-state index < -0.39 is 23.2 Å².